The molecular formula is C13H10ClN3O2S. The SMILES string of the molecule is Cc1ccnc(NS(=O)(=O)c2cc(C#N)ccc2Cl)c1. The fourth-order valence-corrected chi connectivity index (χ4v) is 3.09. The van der Waals surface area contributed by atoms with Crippen LogP contribution in [0.25, 0.3) is 0 Å². The molecular weight excluding hydrogens is 298 g/mol. The summed E-state index contributed by atoms with van der Waals surface area (Å²) in [5.74, 6) is 0.198. The molecule has 0 spiro atoms. The minimum absolute atomic E-state index is 0.0455. The van der Waals surface area contributed by atoms with Crippen molar-refractivity contribution < 1.29 is 8.42 Å². The van der Waals surface area contributed by atoms with Gasteiger partial charge in [0, 0.05) is 6.20 Å². The number of pyridine rings is 1. The zero-order chi connectivity index (χ0) is 14.8. The van der Waals surface area contributed by atoms with E-state index in [4.69, 9.17) is 16.9 Å². The molecule has 0 amide bonds. The molecule has 0 aliphatic rings. The van der Waals surface area contributed by atoms with Crippen LogP contribution in [-0.2, 0) is 10.0 Å². The topological polar surface area (TPSA) is 82.8 Å². The number of hydrogen-bond donors (Lipinski definition) is 1. The lowest BCUT2D eigenvalue weighted by molar-refractivity contribution is 0.601. The number of hydrogen-bond acceptors (Lipinski definition) is 4. The first-order valence-electron chi connectivity index (χ1n) is 5.57. The van der Waals surface area contributed by atoms with Crippen LogP contribution in [0.15, 0.2) is 41.4 Å². The fraction of sp³-hybridized carbons (Fsp3) is 0.0769. The lowest BCUT2D eigenvalue weighted by Gasteiger charge is -2.09. The average Bonchev–Trinajstić information content (AvgIpc) is 2.38. The number of nitrogens with one attached hydrogen (secondary N) is 1. The summed E-state index contributed by atoms with van der Waals surface area (Å²) in [6.07, 6.45) is 1.50. The fourth-order valence-electron chi connectivity index (χ4n) is 1.56. The Morgan fingerprint density at radius 2 is 2.05 bits per heavy atom. The normalized spacial score (nSPS) is 10.8. The van der Waals surface area contributed by atoms with Gasteiger partial charge in [0.25, 0.3) is 10.0 Å². The minimum atomic E-state index is -3.89. The third kappa shape index (κ3) is 3.07. The van der Waals surface area contributed by atoms with E-state index in [0.717, 1.165) is 5.56 Å². The van der Waals surface area contributed by atoms with Gasteiger partial charge in [0.2, 0.25) is 0 Å². The van der Waals surface area contributed by atoms with Gasteiger partial charge >= 0.3 is 0 Å². The number of nitriles is 1. The summed E-state index contributed by atoms with van der Waals surface area (Å²) in [5, 5.41) is 8.87. The number of aryl methyl sites for hydroxylation is 1. The quantitative estimate of drug-likeness (QED) is 0.945. The molecule has 20 heavy (non-hydrogen) atoms. The van der Waals surface area contributed by atoms with E-state index in [1.165, 1.54) is 24.4 Å². The van der Waals surface area contributed by atoms with Gasteiger partial charge in [-0.1, -0.05) is 11.6 Å². The predicted octanol–water partition coefficient (Wildman–Crippen LogP) is 2.72. The summed E-state index contributed by atoms with van der Waals surface area (Å²) in [5.41, 5.74) is 1.08. The van der Waals surface area contributed by atoms with Crippen molar-refractivity contribution in [1.82, 2.24) is 4.98 Å². The highest BCUT2D eigenvalue weighted by atomic mass is 35.5. The molecule has 0 bridgehead atoms. The molecule has 5 nitrogen and oxygen atoms in total. The van der Waals surface area contributed by atoms with Gasteiger partial charge in [-0.15, -0.1) is 0 Å². The molecule has 0 saturated carbocycles. The van der Waals surface area contributed by atoms with Crippen molar-refractivity contribution >= 4 is 27.4 Å². The Kier molecular flexibility index (Phi) is 3.93. The number of benzene rings is 1. The first kappa shape index (κ1) is 14.3. The van der Waals surface area contributed by atoms with Crippen LogP contribution in [0, 0.1) is 18.3 Å². The molecule has 1 heterocycles. The van der Waals surface area contributed by atoms with E-state index in [1.54, 1.807) is 12.1 Å². The molecule has 0 unspecified atom stereocenters. The highest BCUT2D eigenvalue weighted by Crippen LogP contribution is 2.24. The van der Waals surface area contributed by atoms with E-state index in [2.05, 4.69) is 9.71 Å². The van der Waals surface area contributed by atoms with Crippen LogP contribution >= 0.6 is 11.6 Å². The van der Waals surface area contributed by atoms with Crippen molar-refractivity contribution in [1.29, 1.82) is 5.26 Å². The first-order valence-corrected chi connectivity index (χ1v) is 7.43. The monoisotopic (exact) mass is 307 g/mol. The summed E-state index contributed by atoms with van der Waals surface area (Å²) >= 11 is 5.89. The minimum Gasteiger partial charge on any atom is -0.263 e. The average molecular weight is 308 g/mol. The van der Waals surface area contributed by atoms with Gasteiger partial charge in [-0.05, 0) is 42.8 Å². The highest BCUT2D eigenvalue weighted by molar-refractivity contribution is 7.92. The van der Waals surface area contributed by atoms with Crippen LogP contribution < -0.4 is 4.72 Å². The van der Waals surface area contributed by atoms with E-state index in [0.29, 0.717) is 0 Å². The van der Waals surface area contributed by atoms with Crippen molar-refractivity contribution in [3.63, 3.8) is 0 Å². The zero-order valence-electron chi connectivity index (χ0n) is 10.5. The zero-order valence-corrected chi connectivity index (χ0v) is 12.0. The number of aromatic nitrogens is 1. The summed E-state index contributed by atoms with van der Waals surface area (Å²) < 4.78 is 26.8. The van der Waals surface area contributed by atoms with Crippen molar-refractivity contribution in [2.24, 2.45) is 0 Å². The Morgan fingerprint density at radius 1 is 1.30 bits per heavy atom. The van der Waals surface area contributed by atoms with Gasteiger partial charge in [-0.3, -0.25) is 4.72 Å². The second-order valence-corrected chi connectivity index (χ2v) is 6.14. The maximum Gasteiger partial charge on any atom is 0.264 e. The van der Waals surface area contributed by atoms with E-state index in [9.17, 15) is 8.42 Å². The summed E-state index contributed by atoms with van der Waals surface area (Å²) in [6, 6.07) is 9.27. The molecule has 7 heteroatoms. The second-order valence-electron chi connectivity index (χ2n) is 4.08. The Balaban J connectivity index is 2.43. The molecule has 102 valence electrons. The molecule has 1 aromatic carbocycles. The molecule has 1 N–H and O–H groups in total. The smallest absolute Gasteiger partial charge is 0.263 e. The van der Waals surface area contributed by atoms with E-state index >= 15 is 0 Å². The van der Waals surface area contributed by atoms with Crippen LogP contribution in [-0.4, -0.2) is 13.4 Å². The molecule has 0 aliphatic heterocycles. The molecule has 0 saturated heterocycles. The Hall–Kier alpha value is -2.10. The number of nitrogens with zero attached hydrogens (tertiary/aromatic N) is 2. The Labute approximate surface area is 121 Å². The summed E-state index contributed by atoms with van der Waals surface area (Å²) in [4.78, 5) is 3.77. The predicted molar refractivity (Wildman–Crippen MR) is 75.9 cm³/mol. The standard InChI is InChI=1S/C13H10ClN3O2S/c1-9-4-5-16-13(6-9)17-20(18,19)12-7-10(8-15)2-3-11(12)14/h2-7H,1H3,(H,16,17). The third-order valence-corrected chi connectivity index (χ3v) is 4.34. The summed E-state index contributed by atoms with van der Waals surface area (Å²) in [6.45, 7) is 1.82. The number of sulfonamides is 1. The molecule has 1 aromatic heterocycles. The molecule has 0 atom stereocenters. The largest absolute Gasteiger partial charge is 0.264 e. The van der Waals surface area contributed by atoms with Crippen LogP contribution in [0.1, 0.15) is 11.1 Å². The molecule has 2 rings (SSSR count). The van der Waals surface area contributed by atoms with Crippen molar-refractivity contribution in [3.8, 4) is 6.07 Å². The molecule has 2 aromatic rings. The lowest BCUT2D eigenvalue weighted by Crippen LogP contribution is -2.14. The van der Waals surface area contributed by atoms with Gasteiger partial charge in [-0.25, -0.2) is 13.4 Å². The van der Waals surface area contributed by atoms with Crippen molar-refractivity contribution in [3.05, 3.63) is 52.7 Å². The lowest BCUT2D eigenvalue weighted by atomic mass is 10.2. The third-order valence-electron chi connectivity index (χ3n) is 2.50. The highest BCUT2D eigenvalue weighted by Gasteiger charge is 2.19. The number of halogens is 1. The Morgan fingerprint density at radius 3 is 2.70 bits per heavy atom. The van der Waals surface area contributed by atoms with Gasteiger partial charge in [0.1, 0.15) is 10.7 Å². The van der Waals surface area contributed by atoms with E-state index < -0.39 is 10.0 Å². The molecule has 0 aliphatic carbocycles. The maximum atomic E-state index is 12.3. The molecule has 0 fully saturated rings. The number of rotatable bonds is 3. The van der Waals surface area contributed by atoms with Crippen molar-refractivity contribution in [2.45, 2.75) is 11.8 Å². The molecule has 0 radical (unpaired) electrons. The van der Waals surface area contributed by atoms with E-state index in [1.807, 2.05) is 13.0 Å². The summed E-state index contributed by atoms with van der Waals surface area (Å²) in [7, 11) is -3.89. The van der Waals surface area contributed by atoms with Crippen LogP contribution in [0.5, 0.6) is 0 Å². The second kappa shape index (κ2) is 5.49. The van der Waals surface area contributed by atoms with E-state index in [-0.39, 0.29) is 21.3 Å². The Bertz CT molecular complexity index is 798. The van der Waals surface area contributed by atoms with Gasteiger partial charge in [-0.2, -0.15) is 5.26 Å². The van der Waals surface area contributed by atoms with Crippen molar-refractivity contribution in [2.75, 3.05) is 4.72 Å². The number of anilines is 1. The van der Waals surface area contributed by atoms with Gasteiger partial charge in [0.15, 0.2) is 0 Å². The first-order chi connectivity index (χ1) is 9.42. The van der Waals surface area contributed by atoms with Crippen LogP contribution in [0.2, 0.25) is 5.02 Å². The van der Waals surface area contributed by atoms with Gasteiger partial charge < -0.3 is 0 Å². The maximum absolute atomic E-state index is 12.3. The van der Waals surface area contributed by atoms with Gasteiger partial charge in [0.05, 0.1) is 16.7 Å². The van der Waals surface area contributed by atoms with Crippen LogP contribution in [0.4, 0.5) is 5.82 Å². The van der Waals surface area contributed by atoms with Crippen LogP contribution in [0.3, 0.4) is 0 Å².